The fraction of sp³-hybridized carbons (Fsp3) is 0.391. The fourth-order valence-corrected chi connectivity index (χ4v) is 3.25. The van der Waals surface area contributed by atoms with Crippen LogP contribution in [0.1, 0.15) is 45.5 Å². The lowest BCUT2D eigenvalue weighted by atomic mass is 10.1. The third kappa shape index (κ3) is 4.78. The Kier molecular flexibility index (Phi) is 6.47. The maximum Gasteiger partial charge on any atom is 0.258 e. The average molecular weight is 380 g/mol. The standard InChI is InChI=1S/C23H29N3O2/c1-5-17(4)26(14-18-10-6-9-13-21(18)28-16(2)3)15-22-24-20-12-8-7-11-19(20)23(27)25-22/h6-13,16-17H,5,14-15H2,1-4H3,(H,24,25,27). The maximum atomic E-state index is 12.4. The first kappa shape index (κ1) is 20.1. The van der Waals surface area contributed by atoms with Gasteiger partial charge in [0.25, 0.3) is 5.56 Å². The first-order valence-electron chi connectivity index (χ1n) is 9.94. The Labute approximate surface area is 166 Å². The predicted octanol–water partition coefficient (Wildman–Crippen LogP) is 4.51. The van der Waals surface area contributed by atoms with E-state index < -0.39 is 0 Å². The minimum atomic E-state index is -0.0896. The van der Waals surface area contributed by atoms with E-state index in [1.54, 1.807) is 6.07 Å². The van der Waals surface area contributed by atoms with Crippen molar-refractivity contribution in [2.24, 2.45) is 0 Å². The van der Waals surface area contributed by atoms with Crippen molar-refractivity contribution >= 4 is 10.9 Å². The van der Waals surface area contributed by atoms with Gasteiger partial charge in [0.05, 0.1) is 23.6 Å². The molecule has 3 aromatic rings. The summed E-state index contributed by atoms with van der Waals surface area (Å²) in [6.45, 7) is 9.75. The van der Waals surface area contributed by atoms with Gasteiger partial charge in [-0.1, -0.05) is 37.3 Å². The first-order valence-corrected chi connectivity index (χ1v) is 9.94. The molecule has 0 radical (unpaired) electrons. The van der Waals surface area contributed by atoms with Crippen LogP contribution in [0.25, 0.3) is 10.9 Å². The normalized spacial score (nSPS) is 12.6. The van der Waals surface area contributed by atoms with Crippen LogP contribution in [0.4, 0.5) is 0 Å². The number of fused-ring (bicyclic) bond motifs is 1. The Bertz CT molecular complexity index is 981. The highest BCUT2D eigenvalue weighted by Gasteiger charge is 2.17. The van der Waals surface area contributed by atoms with Gasteiger partial charge in [-0.2, -0.15) is 0 Å². The molecular formula is C23H29N3O2. The molecule has 0 bridgehead atoms. The number of ether oxygens (including phenoxy) is 1. The molecule has 0 amide bonds. The molecule has 0 saturated carbocycles. The number of H-pyrrole nitrogens is 1. The van der Waals surface area contributed by atoms with Gasteiger partial charge in [-0.25, -0.2) is 4.98 Å². The summed E-state index contributed by atoms with van der Waals surface area (Å²) in [5.74, 6) is 1.59. The van der Waals surface area contributed by atoms with Crippen molar-refractivity contribution in [3.05, 3.63) is 70.3 Å². The summed E-state index contributed by atoms with van der Waals surface area (Å²) in [5.41, 5.74) is 1.78. The van der Waals surface area contributed by atoms with Crippen LogP contribution in [0.2, 0.25) is 0 Å². The molecule has 28 heavy (non-hydrogen) atoms. The zero-order valence-electron chi connectivity index (χ0n) is 17.1. The molecule has 0 fully saturated rings. The Morgan fingerprint density at radius 2 is 1.75 bits per heavy atom. The molecule has 0 saturated heterocycles. The molecule has 0 spiro atoms. The summed E-state index contributed by atoms with van der Waals surface area (Å²) >= 11 is 0. The maximum absolute atomic E-state index is 12.4. The van der Waals surface area contributed by atoms with Crippen molar-refractivity contribution < 1.29 is 4.74 Å². The quantitative estimate of drug-likeness (QED) is 0.625. The molecule has 1 atom stereocenters. The minimum absolute atomic E-state index is 0.0896. The summed E-state index contributed by atoms with van der Waals surface area (Å²) in [4.78, 5) is 22.4. The molecule has 148 valence electrons. The number of aromatic amines is 1. The van der Waals surface area contributed by atoms with Gasteiger partial charge < -0.3 is 9.72 Å². The van der Waals surface area contributed by atoms with Gasteiger partial charge in [-0.3, -0.25) is 9.69 Å². The summed E-state index contributed by atoms with van der Waals surface area (Å²) in [7, 11) is 0. The molecule has 5 nitrogen and oxygen atoms in total. The molecule has 2 aromatic carbocycles. The largest absolute Gasteiger partial charge is 0.491 e. The SMILES string of the molecule is CCC(C)N(Cc1nc2ccccc2c(=O)[nH]1)Cc1ccccc1OC(C)C. The van der Waals surface area contributed by atoms with Gasteiger partial charge in [0.2, 0.25) is 0 Å². The molecule has 1 heterocycles. The Morgan fingerprint density at radius 3 is 2.50 bits per heavy atom. The van der Waals surface area contributed by atoms with Gasteiger partial charge in [0.15, 0.2) is 0 Å². The second-order valence-electron chi connectivity index (χ2n) is 7.47. The van der Waals surface area contributed by atoms with Gasteiger partial charge in [0.1, 0.15) is 11.6 Å². The highest BCUT2D eigenvalue weighted by molar-refractivity contribution is 5.77. The second-order valence-corrected chi connectivity index (χ2v) is 7.47. The smallest absolute Gasteiger partial charge is 0.258 e. The lowest BCUT2D eigenvalue weighted by molar-refractivity contribution is 0.174. The molecule has 3 rings (SSSR count). The Morgan fingerprint density at radius 1 is 1.04 bits per heavy atom. The lowest BCUT2D eigenvalue weighted by Crippen LogP contribution is -2.33. The number of hydrogen-bond acceptors (Lipinski definition) is 4. The fourth-order valence-electron chi connectivity index (χ4n) is 3.25. The predicted molar refractivity (Wildman–Crippen MR) is 114 cm³/mol. The van der Waals surface area contributed by atoms with Crippen LogP contribution in [0.15, 0.2) is 53.3 Å². The van der Waals surface area contributed by atoms with Crippen LogP contribution in [-0.2, 0) is 13.1 Å². The van der Waals surface area contributed by atoms with E-state index in [0.717, 1.165) is 29.8 Å². The first-order chi connectivity index (χ1) is 13.5. The van der Waals surface area contributed by atoms with Gasteiger partial charge in [-0.15, -0.1) is 0 Å². The van der Waals surface area contributed by atoms with E-state index in [0.29, 0.717) is 23.8 Å². The van der Waals surface area contributed by atoms with Crippen molar-refractivity contribution in [2.45, 2.75) is 59.4 Å². The van der Waals surface area contributed by atoms with Gasteiger partial charge in [-0.05, 0) is 45.4 Å². The Balaban J connectivity index is 1.89. The number of para-hydroxylation sites is 2. The van der Waals surface area contributed by atoms with Gasteiger partial charge >= 0.3 is 0 Å². The average Bonchev–Trinajstić information content (AvgIpc) is 2.68. The molecule has 1 aromatic heterocycles. The van der Waals surface area contributed by atoms with E-state index in [1.165, 1.54) is 0 Å². The topological polar surface area (TPSA) is 58.2 Å². The summed E-state index contributed by atoms with van der Waals surface area (Å²) in [6, 6.07) is 15.9. The highest BCUT2D eigenvalue weighted by atomic mass is 16.5. The van der Waals surface area contributed by atoms with E-state index >= 15 is 0 Å². The van der Waals surface area contributed by atoms with Crippen LogP contribution < -0.4 is 10.3 Å². The molecule has 0 aliphatic carbocycles. The van der Waals surface area contributed by atoms with E-state index in [2.05, 4.69) is 34.8 Å². The number of rotatable bonds is 8. The number of hydrogen-bond donors (Lipinski definition) is 1. The zero-order valence-corrected chi connectivity index (χ0v) is 17.1. The van der Waals surface area contributed by atoms with Gasteiger partial charge in [0, 0.05) is 18.2 Å². The van der Waals surface area contributed by atoms with Crippen molar-refractivity contribution in [2.75, 3.05) is 0 Å². The third-order valence-electron chi connectivity index (χ3n) is 4.94. The van der Waals surface area contributed by atoms with Crippen LogP contribution in [0, 0.1) is 0 Å². The monoisotopic (exact) mass is 379 g/mol. The number of nitrogens with one attached hydrogen (secondary N) is 1. The summed E-state index contributed by atoms with van der Waals surface area (Å²) < 4.78 is 5.99. The summed E-state index contributed by atoms with van der Waals surface area (Å²) in [5, 5.41) is 0.622. The van der Waals surface area contributed by atoms with Crippen molar-refractivity contribution in [3.8, 4) is 5.75 Å². The second kappa shape index (κ2) is 9.02. The molecule has 5 heteroatoms. The van der Waals surface area contributed by atoms with E-state index in [4.69, 9.17) is 4.74 Å². The number of benzene rings is 2. The molecule has 1 N–H and O–H groups in total. The van der Waals surface area contributed by atoms with E-state index in [-0.39, 0.29) is 11.7 Å². The molecule has 1 unspecified atom stereocenters. The highest BCUT2D eigenvalue weighted by Crippen LogP contribution is 2.23. The van der Waals surface area contributed by atoms with Crippen molar-refractivity contribution in [3.63, 3.8) is 0 Å². The molecule has 0 aliphatic heterocycles. The van der Waals surface area contributed by atoms with Crippen LogP contribution in [0.3, 0.4) is 0 Å². The Hall–Kier alpha value is -2.66. The van der Waals surface area contributed by atoms with Crippen LogP contribution in [-0.4, -0.2) is 27.0 Å². The number of nitrogens with zero attached hydrogens (tertiary/aromatic N) is 2. The molecule has 0 aliphatic rings. The van der Waals surface area contributed by atoms with Crippen molar-refractivity contribution in [1.29, 1.82) is 0 Å². The lowest BCUT2D eigenvalue weighted by Gasteiger charge is -2.29. The minimum Gasteiger partial charge on any atom is -0.491 e. The van der Waals surface area contributed by atoms with Crippen molar-refractivity contribution in [1.82, 2.24) is 14.9 Å². The van der Waals surface area contributed by atoms with E-state index in [9.17, 15) is 4.79 Å². The summed E-state index contributed by atoms with van der Waals surface area (Å²) in [6.07, 6.45) is 1.13. The zero-order chi connectivity index (χ0) is 20.1. The van der Waals surface area contributed by atoms with E-state index in [1.807, 2.05) is 50.2 Å². The third-order valence-corrected chi connectivity index (χ3v) is 4.94. The van der Waals surface area contributed by atoms with Crippen LogP contribution in [0.5, 0.6) is 5.75 Å². The van der Waals surface area contributed by atoms with Crippen LogP contribution >= 0.6 is 0 Å². The number of aromatic nitrogens is 2. The molecular weight excluding hydrogens is 350 g/mol.